The van der Waals surface area contributed by atoms with Crippen LogP contribution in [0.25, 0.3) is 0 Å². The van der Waals surface area contributed by atoms with Gasteiger partial charge in [0.05, 0.1) is 5.70 Å². The predicted octanol–water partition coefficient (Wildman–Crippen LogP) is 2.27. The van der Waals surface area contributed by atoms with Crippen molar-refractivity contribution in [3.8, 4) is 0 Å². The van der Waals surface area contributed by atoms with E-state index in [2.05, 4.69) is 11.1 Å². The lowest BCUT2D eigenvalue weighted by Crippen LogP contribution is -2.16. The van der Waals surface area contributed by atoms with Crippen LogP contribution in [-0.2, 0) is 4.79 Å². The largest absolute Gasteiger partial charge is 0.240 e. The van der Waals surface area contributed by atoms with E-state index >= 15 is 0 Å². The van der Waals surface area contributed by atoms with Gasteiger partial charge in [0, 0.05) is 0 Å². The lowest BCUT2D eigenvalue weighted by atomic mass is 9.81. The summed E-state index contributed by atoms with van der Waals surface area (Å²) >= 11 is 0. The topological polar surface area (TPSA) is 29.4 Å². The molecule has 0 aromatic carbocycles. The highest BCUT2D eigenvalue weighted by Crippen LogP contribution is 2.57. The molecule has 0 heterocycles. The van der Waals surface area contributed by atoms with E-state index in [1.165, 1.54) is 19.3 Å². The van der Waals surface area contributed by atoms with E-state index in [9.17, 15) is 4.79 Å². The van der Waals surface area contributed by atoms with Gasteiger partial charge >= 0.3 is 0 Å². The zero-order valence-corrected chi connectivity index (χ0v) is 7.57. The summed E-state index contributed by atoms with van der Waals surface area (Å²) in [6.45, 7) is 0. The van der Waals surface area contributed by atoms with Crippen molar-refractivity contribution in [1.29, 1.82) is 0 Å². The Labute approximate surface area is 77.7 Å². The zero-order valence-electron chi connectivity index (χ0n) is 7.57. The average molecular weight is 175 g/mol. The number of allylic oxidation sites excluding steroid dienone is 2. The Hall–Kier alpha value is -0.880. The molecule has 0 radical (unpaired) electrons. The van der Waals surface area contributed by atoms with Crippen molar-refractivity contribution in [3.63, 3.8) is 0 Å². The summed E-state index contributed by atoms with van der Waals surface area (Å²) in [7, 11) is 0. The van der Waals surface area contributed by atoms with Gasteiger partial charge in [-0.1, -0.05) is 6.08 Å². The fourth-order valence-electron chi connectivity index (χ4n) is 3.69. The number of nitrogens with zero attached hydrogens (tertiary/aromatic N) is 1. The molecule has 0 aliphatic heterocycles. The summed E-state index contributed by atoms with van der Waals surface area (Å²) in [5.74, 6) is 3.43. The summed E-state index contributed by atoms with van der Waals surface area (Å²) in [6.07, 6.45) is 9.19. The molecule has 2 fully saturated rings. The summed E-state index contributed by atoms with van der Waals surface area (Å²) < 4.78 is 0. The van der Waals surface area contributed by atoms with Gasteiger partial charge in [-0.2, -0.15) is 4.99 Å². The Bertz CT molecular complexity index is 314. The van der Waals surface area contributed by atoms with E-state index in [0.717, 1.165) is 35.8 Å². The van der Waals surface area contributed by atoms with Crippen molar-refractivity contribution in [2.24, 2.45) is 28.7 Å². The molecule has 2 saturated carbocycles. The first-order valence-corrected chi connectivity index (χ1v) is 5.17. The summed E-state index contributed by atoms with van der Waals surface area (Å²) in [6, 6.07) is 0. The molecule has 0 aromatic heterocycles. The number of hydrogen-bond acceptors (Lipinski definition) is 2. The first-order chi connectivity index (χ1) is 6.38. The molecule has 3 rings (SSSR count). The standard InChI is InChI=1S/C11H13NO/c13-6-12-9-4-10-7-1-2-8(3-7)11(10)5-9/h4,7-8,10-11H,1-3,5H2. The van der Waals surface area contributed by atoms with Gasteiger partial charge in [0.25, 0.3) is 0 Å². The lowest BCUT2D eigenvalue weighted by Gasteiger charge is -2.23. The van der Waals surface area contributed by atoms with Crippen molar-refractivity contribution in [2.75, 3.05) is 0 Å². The Morgan fingerprint density at radius 3 is 3.00 bits per heavy atom. The molecule has 0 spiro atoms. The molecule has 68 valence electrons. The molecule has 3 aliphatic rings. The molecule has 4 atom stereocenters. The predicted molar refractivity (Wildman–Crippen MR) is 48.6 cm³/mol. The van der Waals surface area contributed by atoms with E-state index in [4.69, 9.17) is 0 Å². The minimum atomic E-state index is 0.755. The molecule has 0 amide bonds. The molecular formula is C11H13NO. The van der Waals surface area contributed by atoms with Crippen LogP contribution in [0.15, 0.2) is 16.8 Å². The van der Waals surface area contributed by atoms with Gasteiger partial charge in [-0.15, -0.1) is 0 Å². The van der Waals surface area contributed by atoms with Gasteiger partial charge < -0.3 is 0 Å². The van der Waals surface area contributed by atoms with E-state index in [0.29, 0.717) is 0 Å². The van der Waals surface area contributed by atoms with Crippen LogP contribution in [0.3, 0.4) is 0 Å². The minimum absolute atomic E-state index is 0.755. The van der Waals surface area contributed by atoms with Crippen molar-refractivity contribution in [3.05, 3.63) is 11.8 Å². The first kappa shape index (κ1) is 7.52. The van der Waals surface area contributed by atoms with Gasteiger partial charge in [-0.25, -0.2) is 4.79 Å². The van der Waals surface area contributed by atoms with Crippen molar-refractivity contribution in [2.45, 2.75) is 25.7 Å². The van der Waals surface area contributed by atoms with Crippen LogP contribution in [-0.4, -0.2) is 6.08 Å². The van der Waals surface area contributed by atoms with E-state index in [1.807, 2.05) is 0 Å². The Kier molecular flexibility index (Phi) is 1.48. The average Bonchev–Trinajstić information content (AvgIpc) is 2.72. The smallest absolute Gasteiger partial charge is 0.211 e. The fraction of sp³-hybridized carbons (Fsp3) is 0.727. The monoisotopic (exact) mass is 175 g/mol. The number of hydrogen-bond donors (Lipinski definition) is 0. The van der Waals surface area contributed by atoms with Crippen LogP contribution in [0.2, 0.25) is 0 Å². The zero-order chi connectivity index (χ0) is 8.84. The third kappa shape index (κ3) is 0.955. The van der Waals surface area contributed by atoms with Gasteiger partial charge in [-0.05, 0) is 49.4 Å². The number of fused-ring (bicyclic) bond motifs is 5. The maximum Gasteiger partial charge on any atom is 0.240 e. The Morgan fingerprint density at radius 2 is 2.23 bits per heavy atom. The molecular weight excluding hydrogens is 162 g/mol. The van der Waals surface area contributed by atoms with Crippen molar-refractivity contribution >= 4 is 6.08 Å². The SMILES string of the molecule is O=C=NC1=CC2C3CCC(C3)C2C1. The third-order valence-corrected chi connectivity index (χ3v) is 4.18. The number of rotatable bonds is 1. The summed E-state index contributed by atoms with van der Waals surface area (Å²) in [5, 5.41) is 0. The van der Waals surface area contributed by atoms with Crippen LogP contribution < -0.4 is 0 Å². The van der Waals surface area contributed by atoms with Crippen LogP contribution in [0.1, 0.15) is 25.7 Å². The summed E-state index contributed by atoms with van der Waals surface area (Å²) in [4.78, 5) is 13.9. The summed E-state index contributed by atoms with van der Waals surface area (Å²) in [5.41, 5.74) is 1.00. The second-order valence-electron chi connectivity index (χ2n) is 4.64. The quantitative estimate of drug-likeness (QED) is 0.444. The highest BCUT2D eigenvalue weighted by molar-refractivity contribution is 5.38. The lowest BCUT2D eigenvalue weighted by molar-refractivity contribution is 0.284. The van der Waals surface area contributed by atoms with Gasteiger partial charge in [-0.3, -0.25) is 0 Å². The molecule has 3 aliphatic carbocycles. The second kappa shape index (κ2) is 2.55. The fourth-order valence-corrected chi connectivity index (χ4v) is 3.69. The van der Waals surface area contributed by atoms with Crippen molar-refractivity contribution < 1.29 is 4.79 Å². The maximum absolute atomic E-state index is 10.1. The maximum atomic E-state index is 10.1. The second-order valence-corrected chi connectivity index (χ2v) is 4.64. The van der Waals surface area contributed by atoms with Gasteiger partial charge in [0.1, 0.15) is 0 Å². The van der Waals surface area contributed by atoms with E-state index < -0.39 is 0 Å². The first-order valence-electron chi connectivity index (χ1n) is 5.17. The van der Waals surface area contributed by atoms with E-state index in [-0.39, 0.29) is 0 Å². The molecule has 0 aromatic rings. The van der Waals surface area contributed by atoms with Crippen LogP contribution >= 0.6 is 0 Å². The van der Waals surface area contributed by atoms with Crippen LogP contribution in [0, 0.1) is 23.7 Å². The molecule has 0 N–H and O–H groups in total. The number of isocyanates is 1. The molecule has 4 unspecified atom stereocenters. The van der Waals surface area contributed by atoms with Crippen LogP contribution in [0.5, 0.6) is 0 Å². The normalized spacial score (nSPS) is 45.7. The number of carbonyl (C=O) groups excluding carboxylic acids is 1. The third-order valence-electron chi connectivity index (χ3n) is 4.18. The molecule has 0 saturated heterocycles. The Morgan fingerprint density at radius 1 is 1.38 bits per heavy atom. The number of aliphatic imine (C=N–C) groups is 1. The molecule has 2 bridgehead atoms. The van der Waals surface area contributed by atoms with Crippen LogP contribution in [0.4, 0.5) is 0 Å². The van der Waals surface area contributed by atoms with Gasteiger partial charge in [0.2, 0.25) is 6.08 Å². The highest BCUT2D eigenvalue weighted by Gasteiger charge is 2.49. The highest BCUT2D eigenvalue weighted by atomic mass is 16.1. The Balaban J connectivity index is 1.88. The molecule has 2 heteroatoms. The molecule has 13 heavy (non-hydrogen) atoms. The van der Waals surface area contributed by atoms with Gasteiger partial charge in [0.15, 0.2) is 0 Å². The van der Waals surface area contributed by atoms with Crippen molar-refractivity contribution in [1.82, 2.24) is 0 Å². The van der Waals surface area contributed by atoms with E-state index in [1.54, 1.807) is 6.08 Å². The molecule has 2 nitrogen and oxygen atoms in total. The minimum Gasteiger partial charge on any atom is -0.211 e.